The van der Waals surface area contributed by atoms with Crippen molar-refractivity contribution >= 4 is 34.0 Å². The zero-order valence-corrected chi connectivity index (χ0v) is 58.2. The number of fused-ring (bicyclic) bond motifs is 3. The maximum absolute atomic E-state index is 9.55. The molecule has 105 heavy (non-hydrogen) atoms. The first-order valence-corrected chi connectivity index (χ1v) is 34.6. The number of aromatic nitrogens is 12. The van der Waals surface area contributed by atoms with Crippen LogP contribution in [0.1, 0.15) is 92.9 Å². The van der Waals surface area contributed by atoms with Crippen molar-refractivity contribution in [3.05, 3.63) is 199 Å². The fourth-order valence-corrected chi connectivity index (χ4v) is 13.0. The number of pyridine rings is 7. The molecule has 3 aliphatic rings. The molecular weight excluding hydrogens is 1320 g/mol. The van der Waals surface area contributed by atoms with Crippen molar-refractivity contribution in [3.8, 4) is 123 Å². The lowest BCUT2D eigenvalue weighted by Gasteiger charge is -2.33. The van der Waals surface area contributed by atoms with Crippen molar-refractivity contribution in [2.24, 2.45) is 0 Å². The highest BCUT2D eigenvalue weighted by Gasteiger charge is 2.27. The molecule has 0 saturated carbocycles. The summed E-state index contributed by atoms with van der Waals surface area (Å²) in [6.07, 6.45) is 40.6. The molecule has 24 nitrogen and oxygen atoms in total. The molecule has 0 atom stereocenters. The Kier molecular flexibility index (Phi) is 21.8. The first kappa shape index (κ1) is 69.8. The molecule has 522 valence electrons. The number of rotatable bonds is 18. The van der Waals surface area contributed by atoms with Gasteiger partial charge >= 0.3 is 0 Å². The van der Waals surface area contributed by atoms with Crippen LogP contribution >= 0.6 is 0 Å². The second kappa shape index (κ2) is 32.8. The second-order valence-electron chi connectivity index (χ2n) is 24.7. The number of nitrogens with zero attached hydrogens (tertiary/aromatic N) is 18. The number of hydrogen-bond acceptors (Lipinski definition) is 21. The summed E-state index contributed by atoms with van der Waals surface area (Å²) in [6.45, 7) is 12.5. The molecule has 3 saturated heterocycles. The van der Waals surface area contributed by atoms with Crippen LogP contribution < -0.4 is 43.1 Å². The number of benzene rings is 1. The normalized spacial score (nSPS) is 13.9. The maximum atomic E-state index is 9.55. The lowest BCUT2D eigenvalue weighted by Crippen LogP contribution is -2.38. The first-order valence-electron chi connectivity index (χ1n) is 34.6. The molecule has 14 heterocycles. The van der Waals surface area contributed by atoms with E-state index in [1.807, 2.05) is 124 Å². The van der Waals surface area contributed by atoms with Gasteiger partial charge in [-0.05, 0) is 106 Å². The number of anilines is 3. The summed E-state index contributed by atoms with van der Waals surface area (Å²) in [5.74, 6) is 14.6. The highest BCUT2D eigenvalue weighted by atomic mass is 16.5. The van der Waals surface area contributed by atoms with Gasteiger partial charge in [0.15, 0.2) is 0 Å². The molecule has 0 aliphatic carbocycles. The lowest BCUT2D eigenvalue weighted by atomic mass is 10.0. The van der Waals surface area contributed by atoms with Gasteiger partial charge in [0.05, 0.1) is 90.2 Å². The Balaban J connectivity index is 0.000000140. The van der Waals surface area contributed by atoms with Gasteiger partial charge in [0.25, 0.3) is 0 Å². The van der Waals surface area contributed by atoms with Gasteiger partial charge in [0, 0.05) is 154 Å². The highest BCUT2D eigenvalue weighted by Crippen LogP contribution is 2.36. The van der Waals surface area contributed by atoms with E-state index in [1.165, 1.54) is 6.33 Å². The van der Waals surface area contributed by atoms with E-state index >= 15 is 0 Å². The molecule has 12 aromatic rings. The smallest absolute Gasteiger partial charge is 0.217 e. The summed E-state index contributed by atoms with van der Waals surface area (Å²) in [4.78, 5) is 33.2. The first-order chi connectivity index (χ1) is 51.5. The predicted octanol–water partition coefficient (Wildman–Crippen LogP) is 12.3. The van der Waals surface area contributed by atoms with E-state index in [2.05, 4.69) is 80.9 Å². The zero-order chi connectivity index (χ0) is 72.6. The Morgan fingerprint density at radius 1 is 0.410 bits per heavy atom. The molecule has 0 spiro atoms. The minimum absolute atomic E-state index is 0.0619. The zero-order valence-electron chi connectivity index (χ0n) is 58.2. The van der Waals surface area contributed by atoms with E-state index in [-0.39, 0.29) is 18.3 Å². The predicted molar refractivity (Wildman–Crippen MR) is 397 cm³/mol. The highest BCUT2D eigenvalue weighted by molar-refractivity contribution is 5.87. The largest absolute Gasteiger partial charge is 0.492 e. The van der Waals surface area contributed by atoms with Crippen LogP contribution in [0.25, 0.3) is 49.9 Å². The Bertz CT molecular complexity index is 4790. The summed E-state index contributed by atoms with van der Waals surface area (Å²) >= 11 is 0. The summed E-state index contributed by atoms with van der Waals surface area (Å²) in [7, 11) is 0. The average molecular weight is 1390 g/mol. The van der Waals surface area contributed by atoms with Crippen LogP contribution in [0.3, 0.4) is 0 Å². The fourth-order valence-electron chi connectivity index (χ4n) is 13.0. The van der Waals surface area contributed by atoms with Crippen LogP contribution in [0, 0.1) is 71.0 Å². The van der Waals surface area contributed by atoms with Gasteiger partial charge in [-0.3, -0.25) is 0 Å². The molecular formula is C81H72N18O6. The van der Waals surface area contributed by atoms with Gasteiger partial charge in [0.2, 0.25) is 5.88 Å². The van der Waals surface area contributed by atoms with Crippen molar-refractivity contribution in [1.82, 2.24) is 58.7 Å². The second-order valence-corrected chi connectivity index (χ2v) is 24.7. The molecule has 0 amide bonds. The van der Waals surface area contributed by atoms with Crippen LogP contribution in [0.4, 0.5) is 17.5 Å². The van der Waals surface area contributed by atoms with E-state index in [9.17, 15) is 15.8 Å². The van der Waals surface area contributed by atoms with Crippen LogP contribution in [-0.2, 0) is 0 Å². The molecule has 3 fully saturated rings. The van der Waals surface area contributed by atoms with Crippen LogP contribution in [0.5, 0.6) is 34.6 Å². The number of terminal acetylenes is 3. The third kappa shape index (κ3) is 16.2. The third-order valence-corrected chi connectivity index (χ3v) is 18.1. The van der Waals surface area contributed by atoms with Crippen molar-refractivity contribution in [2.75, 3.05) is 73.8 Å². The Morgan fingerprint density at radius 3 is 1.18 bits per heavy atom. The molecule has 3 aliphatic heterocycles. The van der Waals surface area contributed by atoms with E-state index in [0.29, 0.717) is 71.0 Å². The minimum atomic E-state index is 0.0619. The van der Waals surface area contributed by atoms with Gasteiger partial charge in [0.1, 0.15) is 100 Å². The van der Waals surface area contributed by atoms with E-state index < -0.39 is 0 Å². The molecule has 0 unspecified atom stereocenters. The summed E-state index contributed by atoms with van der Waals surface area (Å²) < 4.78 is 40.5. The monoisotopic (exact) mass is 1390 g/mol. The topological polar surface area (TPSA) is 266 Å². The van der Waals surface area contributed by atoms with Crippen LogP contribution in [-0.4, -0.2) is 136 Å². The van der Waals surface area contributed by atoms with E-state index in [0.717, 1.165) is 162 Å². The summed E-state index contributed by atoms with van der Waals surface area (Å²) in [5.41, 5.74) is 11.0. The number of ether oxygens (including phenoxy) is 6. The summed E-state index contributed by atoms with van der Waals surface area (Å²) in [6, 6.07) is 37.6. The molecule has 1 aromatic carbocycles. The quantitative estimate of drug-likeness (QED) is 0.0722. The standard InChI is InChI=1S/C28H25N5O2.C27H24N6O2.C26H23N7O2/c1-3-20-6-5-7-24(14-20)35-23-10-12-32(13-11-23)27-9-8-21(17-30-27)26-15-25(34-4-2)19-33-28(26)22(16-29)18-31-33;1-3-21-13-23(7-10-29-21)35-22-8-11-32(12-9-22)26-6-5-19(16-30-26)25-14-24(34-4-2)18-33-27(25)20(15-28)17-31-33;1-3-20-11-25(30-17-29-20)35-21-7-9-32(10-8-21)24-6-5-18(14-28-24)23-12-22(34-4-2)16-33-26(23)19(13-27)15-31-33/h1,5-9,14-15,17-19,23H,4,10-13H2,2H3;1,5-7,10,13-14,16-18,22H,4,8-9,11-12H2,2H3;1,5-6,11-12,14-17,21H,4,7-10H2,2H3. The van der Waals surface area contributed by atoms with Crippen molar-refractivity contribution < 1.29 is 28.4 Å². The molecule has 0 radical (unpaired) electrons. The third-order valence-electron chi connectivity index (χ3n) is 18.1. The lowest BCUT2D eigenvalue weighted by molar-refractivity contribution is 0.163. The van der Waals surface area contributed by atoms with Crippen LogP contribution in [0.2, 0.25) is 0 Å². The van der Waals surface area contributed by atoms with Gasteiger partial charge in [-0.25, -0.2) is 43.5 Å². The summed E-state index contributed by atoms with van der Waals surface area (Å²) in [5, 5.41) is 41.6. The van der Waals surface area contributed by atoms with Gasteiger partial charge in [-0.15, -0.1) is 19.3 Å². The SMILES string of the molecule is C#Cc1cc(OC2CCN(c3ccc(-c4cc(OCC)cn5ncc(C#N)c45)cn3)CC2)ccn1.C#Cc1cc(OC2CCN(c3ccc(-c4cc(OCC)cn5ncc(C#N)c45)cn3)CC2)ncn1.C#Cc1cccc(OC2CCN(c3ccc(-c4cc(OCC)cn5ncc(C#N)c45)cn3)CC2)c1. The molecule has 11 aromatic heterocycles. The van der Waals surface area contributed by atoms with Gasteiger partial charge in [-0.2, -0.15) is 31.1 Å². The van der Waals surface area contributed by atoms with Crippen LogP contribution in [0.15, 0.2) is 165 Å². The average Bonchev–Trinajstić information content (AvgIpc) is 1.70. The van der Waals surface area contributed by atoms with Gasteiger partial charge < -0.3 is 43.1 Å². The molecule has 24 heteroatoms. The fraction of sp³-hybridized carbons (Fsp3) is 0.259. The number of nitriles is 3. The van der Waals surface area contributed by atoms with Crippen molar-refractivity contribution in [3.63, 3.8) is 0 Å². The Morgan fingerprint density at radius 2 is 0.810 bits per heavy atom. The molecule has 15 rings (SSSR count). The van der Waals surface area contributed by atoms with Crippen molar-refractivity contribution in [1.29, 1.82) is 15.8 Å². The molecule has 0 bridgehead atoms. The number of hydrogen-bond donors (Lipinski definition) is 0. The van der Waals surface area contributed by atoms with Crippen molar-refractivity contribution in [2.45, 2.75) is 77.6 Å². The van der Waals surface area contributed by atoms with E-state index in [1.54, 1.807) is 69.1 Å². The Labute approximate surface area is 607 Å². The minimum Gasteiger partial charge on any atom is -0.492 e. The van der Waals surface area contributed by atoms with E-state index in [4.69, 9.17) is 62.6 Å². The number of piperidine rings is 3. The maximum Gasteiger partial charge on any atom is 0.217 e. The van der Waals surface area contributed by atoms with Gasteiger partial charge in [-0.1, -0.05) is 17.9 Å². The Hall–Kier alpha value is -13.7. The molecule has 0 N–H and O–H groups in total.